The monoisotopic (exact) mass is 393 g/mol. The molecule has 0 aliphatic rings. The summed E-state index contributed by atoms with van der Waals surface area (Å²) in [6.07, 6.45) is 0. The van der Waals surface area contributed by atoms with E-state index < -0.39 is 5.97 Å². The number of furan rings is 1. The van der Waals surface area contributed by atoms with E-state index in [1.807, 2.05) is 36.4 Å². The fraction of sp³-hybridized carbons (Fsp3) is 0. The van der Waals surface area contributed by atoms with Crippen LogP contribution in [0.5, 0.6) is 0 Å². The number of hydrogen-bond acceptors (Lipinski definition) is 3. The first-order valence-corrected chi connectivity index (χ1v) is 8.40. The Balaban J connectivity index is 1.84. The molecule has 25 heavy (non-hydrogen) atoms. The Morgan fingerprint density at radius 3 is 2.56 bits per heavy atom. The molecule has 4 aromatic rings. The highest BCUT2D eigenvalue weighted by atomic mass is 79.9. The van der Waals surface area contributed by atoms with Gasteiger partial charge in [-0.05, 0) is 36.4 Å². The highest BCUT2D eigenvalue weighted by Crippen LogP contribution is 2.31. The third-order valence-corrected chi connectivity index (χ3v) is 4.41. The molecular weight excluding hydrogens is 382 g/mol. The van der Waals surface area contributed by atoms with Crippen molar-refractivity contribution >= 4 is 32.8 Å². The van der Waals surface area contributed by atoms with Gasteiger partial charge in [0.15, 0.2) is 5.76 Å². The zero-order valence-corrected chi connectivity index (χ0v) is 14.5. The molecule has 2 aromatic carbocycles. The van der Waals surface area contributed by atoms with Gasteiger partial charge in [-0.1, -0.05) is 46.3 Å². The first kappa shape index (κ1) is 15.6. The number of carboxylic acid groups (broad SMARTS) is 1. The van der Waals surface area contributed by atoms with Gasteiger partial charge < -0.3 is 9.52 Å². The summed E-state index contributed by atoms with van der Waals surface area (Å²) in [6.45, 7) is 0. The van der Waals surface area contributed by atoms with E-state index in [4.69, 9.17) is 4.42 Å². The lowest BCUT2D eigenvalue weighted by Crippen LogP contribution is -1.99. The maximum Gasteiger partial charge on any atom is 0.336 e. The SMILES string of the molecule is O=C(O)c1cc(-c2ccc(-c3cccc(Br)c3)o2)nc2ccccc12. The maximum absolute atomic E-state index is 11.6. The number of halogens is 1. The summed E-state index contributed by atoms with van der Waals surface area (Å²) in [4.78, 5) is 16.1. The lowest BCUT2D eigenvalue weighted by molar-refractivity contribution is 0.0699. The van der Waals surface area contributed by atoms with Gasteiger partial charge in [0.25, 0.3) is 0 Å². The van der Waals surface area contributed by atoms with Crippen molar-refractivity contribution in [2.24, 2.45) is 0 Å². The highest BCUT2D eigenvalue weighted by Gasteiger charge is 2.15. The average molecular weight is 394 g/mol. The van der Waals surface area contributed by atoms with Crippen molar-refractivity contribution < 1.29 is 14.3 Å². The first-order valence-electron chi connectivity index (χ1n) is 7.61. The number of fused-ring (bicyclic) bond motifs is 1. The molecule has 2 heterocycles. The zero-order chi connectivity index (χ0) is 17.4. The van der Waals surface area contributed by atoms with Gasteiger partial charge in [-0.3, -0.25) is 0 Å². The number of carbonyl (C=O) groups is 1. The van der Waals surface area contributed by atoms with Crippen LogP contribution in [0.4, 0.5) is 0 Å². The Bertz CT molecular complexity index is 1100. The zero-order valence-electron chi connectivity index (χ0n) is 12.9. The lowest BCUT2D eigenvalue weighted by Gasteiger charge is -2.05. The van der Waals surface area contributed by atoms with Gasteiger partial charge in [0.1, 0.15) is 11.5 Å². The minimum atomic E-state index is -0.987. The molecule has 0 spiro atoms. The van der Waals surface area contributed by atoms with Crippen molar-refractivity contribution in [3.63, 3.8) is 0 Å². The van der Waals surface area contributed by atoms with Gasteiger partial charge in [-0.25, -0.2) is 9.78 Å². The average Bonchev–Trinajstić information content (AvgIpc) is 3.11. The Morgan fingerprint density at radius 1 is 0.960 bits per heavy atom. The molecule has 122 valence electrons. The summed E-state index contributed by atoms with van der Waals surface area (Å²) in [7, 11) is 0. The Labute approximate surface area is 151 Å². The Kier molecular flexibility index (Phi) is 3.86. The van der Waals surface area contributed by atoms with Gasteiger partial charge >= 0.3 is 5.97 Å². The van der Waals surface area contributed by atoms with Crippen molar-refractivity contribution in [3.8, 4) is 22.8 Å². The molecule has 0 amide bonds. The van der Waals surface area contributed by atoms with Gasteiger partial charge in [-0.2, -0.15) is 0 Å². The van der Waals surface area contributed by atoms with Gasteiger partial charge in [0.05, 0.1) is 11.1 Å². The maximum atomic E-state index is 11.6. The van der Waals surface area contributed by atoms with Crippen LogP contribution in [0.15, 0.2) is 75.6 Å². The van der Waals surface area contributed by atoms with Crippen LogP contribution in [0.2, 0.25) is 0 Å². The normalized spacial score (nSPS) is 10.9. The van der Waals surface area contributed by atoms with E-state index in [0.29, 0.717) is 28.1 Å². The number of pyridine rings is 1. The number of aromatic carboxylic acids is 1. The Morgan fingerprint density at radius 2 is 1.76 bits per heavy atom. The molecule has 1 N–H and O–H groups in total. The fourth-order valence-corrected chi connectivity index (χ4v) is 3.15. The second kappa shape index (κ2) is 6.18. The van der Waals surface area contributed by atoms with E-state index in [1.165, 1.54) is 0 Å². The van der Waals surface area contributed by atoms with Crippen LogP contribution in [0.1, 0.15) is 10.4 Å². The third-order valence-electron chi connectivity index (χ3n) is 3.91. The van der Waals surface area contributed by atoms with Crippen molar-refractivity contribution in [1.82, 2.24) is 4.98 Å². The largest absolute Gasteiger partial charge is 0.478 e. The molecule has 0 unspecified atom stereocenters. The molecule has 4 nitrogen and oxygen atoms in total. The molecule has 0 bridgehead atoms. The summed E-state index contributed by atoms with van der Waals surface area (Å²) >= 11 is 3.44. The molecular formula is C20H12BrNO3. The molecule has 0 fully saturated rings. The molecule has 0 saturated carbocycles. The van der Waals surface area contributed by atoms with Crippen molar-refractivity contribution in [2.45, 2.75) is 0 Å². The van der Waals surface area contributed by atoms with E-state index >= 15 is 0 Å². The van der Waals surface area contributed by atoms with E-state index in [9.17, 15) is 9.90 Å². The number of nitrogens with zero attached hydrogens (tertiary/aromatic N) is 1. The van der Waals surface area contributed by atoms with Crippen molar-refractivity contribution in [2.75, 3.05) is 0 Å². The predicted octanol–water partition coefficient (Wildman–Crippen LogP) is 5.62. The number of hydrogen-bond donors (Lipinski definition) is 1. The van der Waals surface area contributed by atoms with Crippen LogP contribution >= 0.6 is 15.9 Å². The molecule has 0 atom stereocenters. The van der Waals surface area contributed by atoms with E-state index in [-0.39, 0.29) is 5.56 Å². The van der Waals surface area contributed by atoms with Crippen molar-refractivity contribution in [1.29, 1.82) is 0 Å². The lowest BCUT2D eigenvalue weighted by atomic mass is 10.1. The first-order chi connectivity index (χ1) is 12.1. The minimum Gasteiger partial charge on any atom is -0.478 e. The molecule has 0 aliphatic heterocycles. The molecule has 0 radical (unpaired) electrons. The second-order valence-corrected chi connectivity index (χ2v) is 6.47. The topological polar surface area (TPSA) is 63.3 Å². The summed E-state index contributed by atoms with van der Waals surface area (Å²) < 4.78 is 6.88. The number of rotatable bonds is 3. The standard InChI is InChI=1S/C20H12BrNO3/c21-13-5-3-4-12(10-13)18-8-9-19(25-18)17-11-15(20(23)24)14-6-1-2-7-16(14)22-17/h1-11H,(H,23,24). The van der Waals surface area contributed by atoms with Crippen LogP contribution in [0.3, 0.4) is 0 Å². The summed E-state index contributed by atoms with van der Waals surface area (Å²) in [5.74, 6) is 0.241. The molecule has 2 aromatic heterocycles. The molecule has 5 heteroatoms. The van der Waals surface area contributed by atoms with Crippen LogP contribution < -0.4 is 0 Å². The minimum absolute atomic E-state index is 0.209. The predicted molar refractivity (Wildman–Crippen MR) is 99.5 cm³/mol. The molecule has 0 saturated heterocycles. The third kappa shape index (κ3) is 2.94. The van der Waals surface area contributed by atoms with E-state index in [1.54, 1.807) is 30.3 Å². The summed E-state index contributed by atoms with van der Waals surface area (Å²) in [5, 5.41) is 10.1. The highest BCUT2D eigenvalue weighted by molar-refractivity contribution is 9.10. The van der Waals surface area contributed by atoms with Crippen LogP contribution in [0, 0.1) is 0 Å². The number of benzene rings is 2. The quantitative estimate of drug-likeness (QED) is 0.490. The van der Waals surface area contributed by atoms with E-state index in [0.717, 1.165) is 10.0 Å². The van der Waals surface area contributed by atoms with E-state index in [2.05, 4.69) is 20.9 Å². The molecule has 0 aliphatic carbocycles. The van der Waals surface area contributed by atoms with Gasteiger partial charge in [-0.15, -0.1) is 0 Å². The molecule has 4 rings (SSSR count). The van der Waals surface area contributed by atoms with Gasteiger partial charge in [0.2, 0.25) is 0 Å². The Hall–Kier alpha value is -2.92. The van der Waals surface area contributed by atoms with Gasteiger partial charge in [0, 0.05) is 15.4 Å². The number of para-hydroxylation sites is 1. The summed E-state index contributed by atoms with van der Waals surface area (Å²) in [6, 6.07) is 20.2. The second-order valence-electron chi connectivity index (χ2n) is 5.55. The van der Waals surface area contributed by atoms with Crippen LogP contribution in [-0.2, 0) is 0 Å². The smallest absolute Gasteiger partial charge is 0.336 e. The van der Waals surface area contributed by atoms with Crippen molar-refractivity contribution in [3.05, 3.63) is 76.8 Å². The number of carboxylic acids is 1. The van der Waals surface area contributed by atoms with Crippen LogP contribution in [-0.4, -0.2) is 16.1 Å². The fourth-order valence-electron chi connectivity index (χ4n) is 2.75. The van der Waals surface area contributed by atoms with Crippen LogP contribution in [0.25, 0.3) is 33.7 Å². The summed E-state index contributed by atoms with van der Waals surface area (Å²) in [5.41, 5.74) is 2.26. The number of aromatic nitrogens is 1.